The van der Waals surface area contributed by atoms with E-state index in [2.05, 4.69) is 184 Å². The van der Waals surface area contributed by atoms with Gasteiger partial charge in [0.1, 0.15) is 0 Å². The minimum atomic E-state index is -0.0747. The van der Waals surface area contributed by atoms with Gasteiger partial charge in [-0.05, 0) is 129 Å². The summed E-state index contributed by atoms with van der Waals surface area (Å²) in [6.45, 7) is 4.74. The molecule has 0 nitrogen and oxygen atoms in total. The highest BCUT2D eigenvalue weighted by molar-refractivity contribution is 6.25. The lowest BCUT2D eigenvalue weighted by atomic mass is 9.81. The predicted octanol–water partition coefficient (Wildman–Crippen LogP) is 13.6. The second kappa shape index (κ2) is 10.5. The van der Waals surface area contributed by atoms with Crippen LogP contribution in [0.1, 0.15) is 25.0 Å². The maximum Gasteiger partial charge on any atom is 0.0159 e. The summed E-state index contributed by atoms with van der Waals surface area (Å²) in [5.74, 6) is 0. The Kier molecular flexibility index (Phi) is 6.02. The first-order chi connectivity index (χ1) is 24.0. The summed E-state index contributed by atoms with van der Waals surface area (Å²) in [4.78, 5) is 0. The highest BCUT2D eigenvalue weighted by Crippen LogP contribution is 2.50. The van der Waals surface area contributed by atoms with E-state index in [0.717, 1.165) is 0 Å². The van der Waals surface area contributed by atoms with Gasteiger partial charge in [0.05, 0.1) is 0 Å². The third-order valence-corrected chi connectivity index (χ3v) is 11.0. The van der Waals surface area contributed by atoms with Crippen LogP contribution in [-0.4, -0.2) is 0 Å². The van der Waals surface area contributed by atoms with Gasteiger partial charge in [0.25, 0.3) is 0 Å². The van der Waals surface area contributed by atoms with Gasteiger partial charge in [-0.3, -0.25) is 0 Å². The van der Waals surface area contributed by atoms with Crippen molar-refractivity contribution in [3.8, 4) is 44.5 Å². The molecule has 0 aliphatic heterocycles. The van der Waals surface area contributed by atoms with E-state index < -0.39 is 0 Å². The van der Waals surface area contributed by atoms with E-state index in [9.17, 15) is 0 Å². The maximum atomic E-state index is 2.43. The standard InChI is InChI=1S/C49H34/c1-49(2)47-29-37(31-10-4-3-5-11-31)21-24-44(47)45-25-22-38(30-48(45)49)35-19-17-32-26-34(18-16-33(32)27-35)36-20-23-43-41-14-7-6-12-39(41)40-13-8-9-15-42(40)46(43)28-36/h3-30H,1-2H3. The van der Waals surface area contributed by atoms with Crippen LogP contribution in [0.2, 0.25) is 0 Å². The number of hydrogen-bond donors (Lipinski definition) is 0. The Labute approximate surface area is 286 Å². The molecule has 9 aromatic carbocycles. The van der Waals surface area contributed by atoms with E-state index >= 15 is 0 Å². The van der Waals surface area contributed by atoms with Crippen molar-refractivity contribution in [3.05, 3.63) is 181 Å². The predicted molar refractivity (Wildman–Crippen MR) is 210 cm³/mol. The molecule has 0 heterocycles. The summed E-state index contributed by atoms with van der Waals surface area (Å²) < 4.78 is 0. The van der Waals surface area contributed by atoms with E-state index in [-0.39, 0.29) is 5.41 Å². The van der Waals surface area contributed by atoms with E-state index in [0.29, 0.717) is 0 Å². The molecule has 0 radical (unpaired) electrons. The molecule has 0 amide bonds. The SMILES string of the molecule is CC1(C)c2cc(-c3ccccc3)ccc2-c2ccc(-c3ccc4cc(-c5ccc6c7ccccc7c7ccccc7c6c5)ccc4c3)cc21. The number of benzene rings is 9. The molecule has 0 spiro atoms. The average molecular weight is 623 g/mol. The quantitative estimate of drug-likeness (QED) is 0.172. The molecular formula is C49H34. The minimum absolute atomic E-state index is 0.0747. The summed E-state index contributed by atoms with van der Waals surface area (Å²) >= 11 is 0. The fourth-order valence-electron chi connectivity index (χ4n) is 8.42. The molecule has 49 heavy (non-hydrogen) atoms. The highest BCUT2D eigenvalue weighted by atomic mass is 14.4. The third-order valence-electron chi connectivity index (χ3n) is 11.0. The van der Waals surface area contributed by atoms with E-state index in [1.54, 1.807) is 0 Å². The number of hydrogen-bond acceptors (Lipinski definition) is 0. The Balaban J connectivity index is 1.02. The summed E-state index contributed by atoms with van der Waals surface area (Å²) in [5.41, 5.74) is 13.0. The lowest BCUT2D eigenvalue weighted by molar-refractivity contribution is 0.661. The van der Waals surface area contributed by atoms with Gasteiger partial charge in [-0.2, -0.15) is 0 Å². The zero-order chi connectivity index (χ0) is 32.7. The Morgan fingerprint density at radius 2 is 0.673 bits per heavy atom. The Hall–Kier alpha value is -5.98. The fraction of sp³-hybridized carbons (Fsp3) is 0.0612. The molecule has 0 bridgehead atoms. The Bertz CT molecular complexity index is 2750. The van der Waals surface area contributed by atoms with Crippen LogP contribution in [0.3, 0.4) is 0 Å². The van der Waals surface area contributed by atoms with Crippen LogP contribution < -0.4 is 0 Å². The maximum absolute atomic E-state index is 2.43. The molecule has 9 aromatic rings. The molecule has 0 saturated heterocycles. The lowest BCUT2D eigenvalue weighted by Gasteiger charge is -2.22. The third kappa shape index (κ3) is 4.31. The van der Waals surface area contributed by atoms with Crippen LogP contribution in [0.4, 0.5) is 0 Å². The lowest BCUT2D eigenvalue weighted by Crippen LogP contribution is -2.15. The molecule has 0 heteroatoms. The van der Waals surface area contributed by atoms with Gasteiger partial charge in [0.2, 0.25) is 0 Å². The summed E-state index contributed by atoms with van der Waals surface area (Å²) in [7, 11) is 0. The van der Waals surface area contributed by atoms with E-state index in [1.165, 1.54) is 98.7 Å². The number of rotatable bonds is 3. The zero-order valence-corrected chi connectivity index (χ0v) is 27.7. The van der Waals surface area contributed by atoms with Crippen LogP contribution in [0.15, 0.2) is 170 Å². The highest BCUT2D eigenvalue weighted by Gasteiger charge is 2.35. The zero-order valence-electron chi connectivity index (χ0n) is 27.7. The Morgan fingerprint density at radius 3 is 1.22 bits per heavy atom. The minimum Gasteiger partial charge on any atom is -0.0622 e. The van der Waals surface area contributed by atoms with Gasteiger partial charge in [-0.25, -0.2) is 0 Å². The molecule has 0 fully saturated rings. The van der Waals surface area contributed by atoms with Crippen molar-refractivity contribution in [1.29, 1.82) is 0 Å². The Morgan fingerprint density at radius 1 is 0.286 bits per heavy atom. The molecule has 0 aromatic heterocycles. The molecule has 0 N–H and O–H groups in total. The first-order valence-electron chi connectivity index (χ1n) is 17.3. The number of fused-ring (bicyclic) bond motifs is 10. The summed E-state index contributed by atoms with van der Waals surface area (Å²) in [5, 5.41) is 10.4. The first-order valence-corrected chi connectivity index (χ1v) is 17.3. The van der Waals surface area contributed by atoms with Gasteiger partial charge < -0.3 is 0 Å². The molecular weight excluding hydrogens is 589 g/mol. The summed E-state index contributed by atoms with van der Waals surface area (Å²) in [6.07, 6.45) is 0. The van der Waals surface area contributed by atoms with Crippen molar-refractivity contribution in [2.45, 2.75) is 19.3 Å². The largest absolute Gasteiger partial charge is 0.0622 e. The van der Waals surface area contributed by atoms with Crippen LogP contribution in [0.5, 0.6) is 0 Å². The van der Waals surface area contributed by atoms with Crippen LogP contribution in [-0.2, 0) is 5.41 Å². The van der Waals surface area contributed by atoms with E-state index in [1.807, 2.05) is 0 Å². The van der Waals surface area contributed by atoms with Crippen molar-refractivity contribution in [2.24, 2.45) is 0 Å². The van der Waals surface area contributed by atoms with Crippen molar-refractivity contribution in [2.75, 3.05) is 0 Å². The van der Waals surface area contributed by atoms with Crippen molar-refractivity contribution in [3.63, 3.8) is 0 Å². The fourth-order valence-corrected chi connectivity index (χ4v) is 8.42. The van der Waals surface area contributed by atoms with Crippen molar-refractivity contribution in [1.82, 2.24) is 0 Å². The second-order valence-corrected chi connectivity index (χ2v) is 14.1. The molecule has 230 valence electrons. The molecule has 10 rings (SSSR count). The molecule has 1 aliphatic rings. The van der Waals surface area contributed by atoms with Crippen molar-refractivity contribution >= 4 is 43.1 Å². The van der Waals surface area contributed by atoms with Crippen LogP contribution in [0.25, 0.3) is 87.6 Å². The van der Waals surface area contributed by atoms with Crippen LogP contribution >= 0.6 is 0 Å². The van der Waals surface area contributed by atoms with E-state index in [4.69, 9.17) is 0 Å². The van der Waals surface area contributed by atoms with Gasteiger partial charge >= 0.3 is 0 Å². The van der Waals surface area contributed by atoms with Gasteiger partial charge in [-0.1, -0.05) is 153 Å². The average Bonchev–Trinajstić information content (AvgIpc) is 3.39. The smallest absolute Gasteiger partial charge is 0.0159 e. The van der Waals surface area contributed by atoms with Gasteiger partial charge in [0.15, 0.2) is 0 Å². The molecule has 1 aliphatic carbocycles. The molecule has 0 unspecified atom stereocenters. The topological polar surface area (TPSA) is 0 Å². The first kappa shape index (κ1) is 28.1. The second-order valence-electron chi connectivity index (χ2n) is 14.1. The van der Waals surface area contributed by atoms with Crippen molar-refractivity contribution < 1.29 is 0 Å². The summed E-state index contributed by atoms with van der Waals surface area (Å²) in [6, 6.07) is 63.2. The van der Waals surface area contributed by atoms with Gasteiger partial charge in [0, 0.05) is 5.41 Å². The van der Waals surface area contributed by atoms with Crippen LogP contribution in [0, 0.1) is 0 Å². The normalized spacial score (nSPS) is 13.3. The monoisotopic (exact) mass is 622 g/mol. The molecule has 0 atom stereocenters. The van der Waals surface area contributed by atoms with Gasteiger partial charge in [-0.15, -0.1) is 0 Å². The molecule has 0 saturated carbocycles.